The third-order valence-electron chi connectivity index (χ3n) is 3.58. The maximum atomic E-state index is 12.2. The van der Waals surface area contributed by atoms with Gasteiger partial charge in [-0.05, 0) is 43.5 Å². The van der Waals surface area contributed by atoms with Gasteiger partial charge < -0.3 is 10.4 Å². The molecule has 0 heterocycles. The molecule has 0 aliphatic heterocycles. The number of halogens is 1. The van der Waals surface area contributed by atoms with E-state index in [-0.39, 0.29) is 11.9 Å². The molecule has 19 heavy (non-hydrogen) atoms. The van der Waals surface area contributed by atoms with Gasteiger partial charge in [0.05, 0.1) is 5.92 Å². The Bertz CT molecular complexity index is 515. The van der Waals surface area contributed by atoms with Crippen LogP contribution in [0.4, 0.5) is 0 Å². The van der Waals surface area contributed by atoms with Gasteiger partial charge in [-0.3, -0.25) is 9.59 Å². The molecule has 1 fully saturated rings. The molecule has 2 N–H and O–H groups in total. The summed E-state index contributed by atoms with van der Waals surface area (Å²) < 4.78 is 0. The Labute approximate surface area is 116 Å². The number of carboxylic acids is 1. The van der Waals surface area contributed by atoms with Crippen LogP contribution in [0.15, 0.2) is 18.2 Å². The zero-order chi connectivity index (χ0) is 14.0. The average molecular weight is 282 g/mol. The van der Waals surface area contributed by atoms with Gasteiger partial charge in [-0.2, -0.15) is 0 Å². The topological polar surface area (TPSA) is 66.4 Å². The summed E-state index contributed by atoms with van der Waals surface area (Å²) >= 11 is 5.85. The van der Waals surface area contributed by atoms with E-state index in [1.165, 1.54) is 0 Å². The third kappa shape index (κ3) is 3.07. The molecular weight excluding hydrogens is 266 g/mol. The Morgan fingerprint density at radius 1 is 1.37 bits per heavy atom. The molecule has 1 amide bonds. The van der Waals surface area contributed by atoms with Gasteiger partial charge in [0.15, 0.2) is 0 Å². The van der Waals surface area contributed by atoms with E-state index in [2.05, 4.69) is 5.32 Å². The van der Waals surface area contributed by atoms with E-state index in [4.69, 9.17) is 16.7 Å². The second-order valence-corrected chi connectivity index (χ2v) is 5.35. The maximum absolute atomic E-state index is 12.2. The first-order valence-corrected chi connectivity index (χ1v) is 6.66. The molecule has 1 aliphatic rings. The standard InChI is InChI=1S/C14H16ClNO3/c1-8-7-9(15)5-6-10(8)13(17)16-12-4-2-3-11(12)14(18)19/h5-7,11-12H,2-4H2,1H3,(H,16,17)(H,18,19)/t11-,12+/m0/s1. The van der Waals surface area contributed by atoms with Crippen molar-refractivity contribution in [3.63, 3.8) is 0 Å². The number of nitrogens with one attached hydrogen (secondary N) is 1. The molecule has 1 aliphatic carbocycles. The van der Waals surface area contributed by atoms with Crippen LogP contribution in [0.3, 0.4) is 0 Å². The van der Waals surface area contributed by atoms with Crippen LogP contribution in [-0.2, 0) is 4.79 Å². The summed E-state index contributed by atoms with van der Waals surface area (Å²) in [5, 5.41) is 12.5. The van der Waals surface area contributed by atoms with E-state index >= 15 is 0 Å². The number of aliphatic carboxylic acids is 1. The van der Waals surface area contributed by atoms with Crippen molar-refractivity contribution in [3.8, 4) is 0 Å². The molecule has 0 radical (unpaired) electrons. The van der Waals surface area contributed by atoms with E-state index < -0.39 is 11.9 Å². The lowest BCUT2D eigenvalue weighted by molar-refractivity contribution is -0.142. The number of hydrogen-bond donors (Lipinski definition) is 2. The zero-order valence-electron chi connectivity index (χ0n) is 10.6. The number of rotatable bonds is 3. The molecule has 5 heteroatoms. The molecule has 2 atom stereocenters. The quantitative estimate of drug-likeness (QED) is 0.895. The average Bonchev–Trinajstić information content (AvgIpc) is 2.76. The van der Waals surface area contributed by atoms with Crippen molar-refractivity contribution in [2.75, 3.05) is 0 Å². The van der Waals surface area contributed by atoms with Crippen molar-refractivity contribution in [2.24, 2.45) is 5.92 Å². The third-order valence-corrected chi connectivity index (χ3v) is 3.82. The molecule has 4 nitrogen and oxygen atoms in total. The van der Waals surface area contributed by atoms with E-state index in [0.29, 0.717) is 17.0 Å². The van der Waals surface area contributed by atoms with E-state index in [1.54, 1.807) is 18.2 Å². The zero-order valence-corrected chi connectivity index (χ0v) is 11.4. The predicted octanol–water partition coefficient (Wildman–Crippen LogP) is 2.63. The minimum Gasteiger partial charge on any atom is -0.481 e. The van der Waals surface area contributed by atoms with Gasteiger partial charge in [-0.1, -0.05) is 18.0 Å². The lowest BCUT2D eigenvalue weighted by Gasteiger charge is -2.18. The first kappa shape index (κ1) is 13.9. The maximum Gasteiger partial charge on any atom is 0.308 e. The normalized spacial score (nSPS) is 22.2. The van der Waals surface area contributed by atoms with Crippen LogP contribution in [0, 0.1) is 12.8 Å². The van der Waals surface area contributed by atoms with Crippen molar-refractivity contribution in [3.05, 3.63) is 34.3 Å². The van der Waals surface area contributed by atoms with Crippen LogP contribution in [0.1, 0.15) is 35.2 Å². The van der Waals surface area contributed by atoms with Crippen molar-refractivity contribution in [1.29, 1.82) is 0 Å². The molecule has 1 aromatic carbocycles. The Morgan fingerprint density at radius 2 is 2.11 bits per heavy atom. The molecule has 2 rings (SSSR count). The monoisotopic (exact) mass is 281 g/mol. The van der Waals surface area contributed by atoms with Gasteiger partial charge in [0, 0.05) is 16.6 Å². The van der Waals surface area contributed by atoms with Crippen LogP contribution < -0.4 is 5.32 Å². The van der Waals surface area contributed by atoms with Crippen LogP contribution in [0.2, 0.25) is 5.02 Å². The van der Waals surface area contributed by atoms with Crippen LogP contribution >= 0.6 is 11.6 Å². The highest BCUT2D eigenvalue weighted by atomic mass is 35.5. The highest BCUT2D eigenvalue weighted by Gasteiger charge is 2.34. The summed E-state index contributed by atoms with van der Waals surface area (Å²) in [6.45, 7) is 1.81. The van der Waals surface area contributed by atoms with Crippen molar-refractivity contribution in [2.45, 2.75) is 32.2 Å². The first-order chi connectivity index (χ1) is 8.99. The van der Waals surface area contributed by atoms with Gasteiger partial charge in [-0.25, -0.2) is 0 Å². The Kier molecular flexibility index (Phi) is 4.10. The van der Waals surface area contributed by atoms with E-state index in [0.717, 1.165) is 18.4 Å². The lowest BCUT2D eigenvalue weighted by atomic mass is 10.0. The SMILES string of the molecule is Cc1cc(Cl)ccc1C(=O)N[C@@H]1CCC[C@@H]1C(=O)O. The second kappa shape index (κ2) is 5.61. The molecule has 0 unspecified atom stereocenters. The number of amides is 1. The van der Waals surface area contributed by atoms with Gasteiger partial charge in [0.1, 0.15) is 0 Å². The smallest absolute Gasteiger partial charge is 0.308 e. The number of carbonyl (C=O) groups excluding carboxylic acids is 1. The largest absolute Gasteiger partial charge is 0.481 e. The minimum atomic E-state index is -0.837. The number of aryl methyl sites for hydroxylation is 1. The fraction of sp³-hybridized carbons (Fsp3) is 0.429. The minimum absolute atomic E-state index is 0.229. The summed E-state index contributed by atoms with van der Waals surface area (Å²) in [6, 6.07) is 4.77. The summed E-state index contributed by atoms with van der Waals surface area (Å²) in [7, 11) is 0. The fourth-order valence-corrected chi connectivity index (χ4v) is 2.78. The molecule has 0 aromatic heterocycles. The summed E-state index contributed by atoms with van der Waals surface area (Å²) in [4.78, 5) is 23.2. The highest BCUT2D eigenvalue weighted by Crippen LogP contribution is 2.26. The van der Waals surface area contributed by atoms with Gasteiger partial charge >= 0.3 is 5.97 Å². The molecule has 0 bridgehead atoms. The summed E-state index contributed by atoms with van der Waals surface area (Å²) in [5.41, 5.74) is 1.33. The summed E-state index contributed by atoms with van der Waals surface area (Å²) in [6.07, 6.45) is 2.18. The number of benzene rings is 1. The molecule has 0 saturated heterocycles. The predicted molar refractivity (Wildman–Crippen MR) is 72.4 cm³/mol. The number of carboxylic acid groups (broad SMARTS) is 1. The molecular formula is C14H16ClNO3. The Morgan fingerprint density at radius 3 is 2.74 bits per heavy atom. The molecule has 0 spiro atoms. The van der Waals surface area contributed by atoms with Crippen molar-refractivity contribution in [1.82, 2.24) is 5.32 Å². The van der Waals surface area contributed by atoms with E-state index in [1.807, 2.05) is 6.92 Å². The number of carbonyl (C=O) groups is 2. The second-order valence-electron chi connectivity index (χ2n) is 4.91. The van der Waals surface area contributed by atoms with Crippen molar-refractivity contribution < 1.29 is 14.7 Å². The molecule has 102 valence electrons. The Balaban J connectivity index is 2.10. The van der Waals surface area contributed by atoms with Crippen LogP contribution in [-0.4, -0.2) is 23.0 Å². The van der Waals surface area contributed by atoms with Gasteiger partial charge in [0.2, 0.25) is 0 Å². The van der Waals surface area contributed by atoms with Gasteiger partial charge in [0.25, 0.3) is 5.91 Å². The molecule has 1 aromatic rings. The number of hydrogen-bond acceptors (Lipinski definition) is 2. The summed E-state index contributed by atoms with van der Waals surface area (Å²) in [5.74, 6) is -1.54. The molecule has 1 saturated carbocycles. The Hall–Kier alpha value is -1.55. The van der Waals surface area contributed by atoms with Crippen LogP contribution in [0.5, 0.6) is 0 Å². The fourth-order valence-electron chi connectivity index (χ4n) is 2.56. The lowest BCUT2D eigenvalue weighted by Crippen LogP contribution is -2.40. The van der Waals surface area contributed by atoms with Crippen LogP contribution in [0.25, 0.3) is 0 Å². The van der Waals surface area contributed by atoms with E-state index in [9.17, 15) is 9.59 Å². The van der Waals surface area contributed by atoms with Gasteiger partial charge in [-0.15, -0.1) is 0 Å². The van der Waals surface area contributed by atoms with Crippen molar-refractivity contribution >= 4 is 23.5 Å². The first-order valence-electron chi connectivity index (χ1n) is 6.29. The highest BCUT2D eigenvalue weighted by molar-refractivity contribution is 6.30.